The summed E-state index contributed by atoms with van der Waals surface area (Å²) in [5.41, 5.74) is 0.819. The molecule has 1 fully saturated rings. The maximum atomic E-state index is 12.2. The molecule has 0 bridgehead atoms. The van der Waals surface area contributed by atoms with E-state index in [9.17, 15) is 9.59 Å². The van der Waals surface area contributed by atoms with Gasteiger partial charge >= 0.3 is 0 Å². The van der Waals surface area contributed by atoms with Gasteiger partial charge in [0, 0.05) is 36.2 Å². The van der Waals surface area contributed by atoms with Crippen LogP contribution < -0.4 is 10.6 Å². The largest absolute Gasteiger partial charge is 0.352 e. The Morgan fingerprint density at radius 3 is 2.71 bits per heavy atom. The fraction of sp³-hybridized carbons (Fsp3) is 0.368. The highest BCUT2D eigenvalue weighted by molar-refractivity contribution is 7.09. The first-order chi connectivity index (χ1) is 11.7. The molecular weight excluding hydrogens is 320 g/mol. The van der Waals surface area contributed by atoms with Gasteiger partial charge in [-0.1, -0.05) is 36.4 Å². The molecule has 2 heterocycles. The van der Waals surface area contributed by atoms with Crippen molar-refractivity contribution in [3.8, 4) is 0 Å². The number of nitrogens with one attached hydrogen (secondary N) is 2. The van der Waals surface area contributed by atoms with Gasteiger partial charge in [-0.2, -0.15) is 0 Å². The van der Waals surface area contributed by atoms with Crippen molar-refractivity contribution >= 4 is 23.2 Å². The van der Waals surface area contributed by atoms with Gasteiger partial charge in [-0.15, -0.1) is 11.3 Å². The summed E-state index contributed by atoms with van der Waals surface area (Å²) in [5.74, 6) is 0.127. The molecule has 5 heteroatoms. The minimum absolute atomic E-state index is 0.0329. The van der Waals surface area contributed by atoms with Crippen LogP contribution in [0.1, 0.15) is 36.1 Å². The van der Waals surface area contributed by atoms with Crippen molar-refractivity contribution in [3.63, 3.8) is 0 Å². The van der Waals surface area contributed by atoms with Crippen molar-refractivity contribution in [1.82, 2.24) is 10.6 Å². The quantitative estimate of drug-likeness (QED) is 0.812. The first-order valence-corrected chi connectivity index (χ1v) is 9.17. The topological polar surface area (TPSA) is 58.2 Å². The third kappa shape index (κ3) is 4.45. The Bertz CT molecular complexity index is 685. The van der Waals surface area contributed by atoms with Crippen molar-refractivity contribution in [1.29, 1.82) is 0 Å². The summed E-state index contributed by atoms with van der Waals surface area (Å²) in [4.78, 5) is 25.2. The van der Waals surface area contributed by atoms with E-state index in [1.54, 1.807) is 11.3 Å². The van der Waals surface area contributed by atoms with Gasteiger partial charge in [0.15, 0.2) is 0 Å². The van der Waals surface area contributed by atoms with E-state index in [2.05, 4.69) is 16.7 Å². The van der Waals surface area contributed by atoms with Crippen molar-refractivity contribution in [2.75, 3.05) is 0 Å². The summed E-state index contributed by atoms with van der Waals surface area (Å²) in [6.45, 7) is 0.546. The second-order valence-electron chi connectivity index (χ2n) is 6.35. The molecule has 0 aliphatic carbocycles. The highest BCUT2D eigenvalue weighted by Crippen LogP contribution is 2.30. The van der Waals surface area contributed by atoms with Crippen LogP contribution in [0.5, 0.6) is 0 Å². The molecule has 0 radical (unpaired) electrons. The second kappa shape index (κ2) is 7.62. The van der Waals surface area contributed by atoms with Gasteiger partial charge < -0.3 is 10.6 Å². The van der Waals surface area contributed by atoms with Gasteiger partial charge in [0.2, 0.25) is 11.8 Å². The van der Waals surface area contributed by atoms with Crippen molar-refractivity contribution in [2.24, 2.45) is 0 Å². The van der Waals surface area contributed by atoms with E-state index in [-0.39, 0.29) is 17.4 Å². The fourth-order valence-electron chi connectivity index (χ4n) is 3.17. The Balaban J connectivity index is 1.53. The molecule has 126 valence electrons. The lowest BCUT2D eigenvalue weighted by Gasteiger charge is -2.28. The van der Waals surface area contributed by atoms with Gasteiger partial charge in [-0.3, -0.25) is 9.59 Å². The van der Waals surface area contributed by atoms with Crippen LogP contribution in [0.25, 0.3) is 0 Å². The first-order valence-electron chi connectivity index (χ1n) is 8.29. The average Bonchev–Trinajstić information content (AvgIpc) is 3.23. The number of carbonyl (C=O) groups excluding carboxylic acids is 2. The van der Waals surface area contributed by atoms with Crippen LogP contribution in [0.4, 0.5) is 0 Å². The number of carbonyl (C=O) groups is 2. The van der Waals surface area contributed by atoms with E-state index in [1.165, 1.54) is 4.88 Å². The molecule has 1 aliphatic heterocycles. The number of hydrogen-bond donors (Lipinski definition) is 2. The lowest BCUT2D eigenvalue weighted by Crippen LogP contribution is -2.44. The molecule has 2 aromatic rings. The smallest absolute Gasteiger partial charge is 0.220 e. The van der Waals surface area contributed by atoms with Crippen LogP contribution in [0, 0.1) is 0 Å². The van der Waals surface area contributed by atoms with Crippen molar-refractivity contribution < 1.29 is 9.59 Å². The second-order valence-corrected chi connectivity index (χ2v) is 7.38. The lowest BCUT2D eigenvalue weighted by atomic mass is 9.87. The van der Waals surface area contributed by atoms with Crippen LogP contribution in [-0.2, 0) is 22.6 Å². The summed E-state index contributed by atoms with van der Waals surface area (Å²) in [6.07, 6.45) is 3.27. The summed E-state index contributed by atoms with van der Waals surface area (Å²) < 4.78 is 0. The monoisotopic (exact) mass is 342 g/mol. The number of rotatable bonds is 7. The SMILES string of the molecule is O=C(CC[C@]1(Cc2cccs2)CCC(=O)N1)NCc1ccccc1. The fourth-order valence-corrected chi connectivity index (χ4v) is 4.02. The third-order valence-electron chi connectivity index (χ3n) is 4.49. The predicted octanol–water partition coefficient (Wildman–Crippen LogP) is 3.04. The molecule has 1 atom stereocenters. The van der Waals surface area contributed by atoms with Crippen LogP contribution in [0.15, 0.2) is 47.8 Å². The number of benzene rings is 1. The Hall–Kier alpha value is -2.14. The molecule has 3 rings (SSSR count). The Kier molecular flexibility index (Phi) is 5.30. The molecule has 1 aliphatic rings. The van der Waals surface area contributed by atoms with Crippen LogP contribution in [0.3, 0.4) is 0 Å². The van der Waals surface area contributed by atoms with Crippen LogP contribution in [-0.4, -0.2) is 17.4 Å². The minimum atomic E-state index is -0.272. The van der Waals surface area contributed by atoms with E-state index in [1.807, 2.05) is 41.8 Å². The molecule has 1 aromatic carbocycles. The van der Waals surface area contributed by atoms with Crippen LogP contribution >= 0.6 is 11.3 Å². The number of amides is 2. The Morgan fingerprint density at radius 1 is 1.21 bits per heavy atom. The number of hydrogen-bond acceptors (Lipinski definition) is 3. The normalized spacial score (nSPS) is 19.9. The Morgan fingerprint density at radius 2 is 2.04 bits per heavy atom. The van der Waals surface area contributed by atoms with Gasteiger partial charge in [0.25, 0.3) is 0 Å². The molecule has 0 spiro atoms. The van der Waals surface area contributed by atoms with E-state index in [0.29, 0.717) is 25.8 Å². The summed E-state index contributed by atoms with van der Waals surface area (Å²) in [6, 6.07) is 14.0. The molecule has 4 nitrogen and oxygen atoms in total. The highest BCUT2D eigenvalue weighted by Gasteiger charge is 2.38. The molecule has 0 unspecified atom stereocenters. The molecule has 1 aromatic heterocycles. The summed E-state index contributed by atoms with van der Waals surface area (Å²) >= 11 is 1.70. The van der Waals surface area contributed by atoms with Gasteiger partial charge in [0.1, 0.15) is 0 Å². The van der Waals surface area contributed by atoms with E-state index in [4.69, 9.17) is 0 Å². The van der Waals surface area contributed by atoms with Gasteiger partial charge in [-0.25, -0.2) is 0 Å². The highest BCUT2D eigenvalue weighted by atomic mass is 32.1. The summed E-state index contributed by atoms with van der Waals surface area (Å²) in [7, 11) is 0. The van der Waals surface area contributed by atoms with E-state index >= 15 is 0 Å². The molecule has 24 heavy (non-hydrogen) atoms. The maximum absolute atomic E-state index is 12.2. The summed E-state index contributed by atoms with van der Waals surface area (Å²) in [5, 5.41) is 8.13. The van der Waals surface area contributed by atoms with E-state index in [0.717, 1.165) is 18.4 Å². The minimum Gasteiger partial charge on any atom is -0.352 e. The average molecular weight is 342 g/mol. The van der Waals surface area contributed by atoms with Crippen molar-refractivity contribution in [2.45, 2.75) is 44.2 Å². The molecule has 2 N–H and O–H groups in total. The van der Waals surface area contributed by atoms with Crippen LogP contribution in [0.2, 0.25) is 0 Å². The zero-order valence-corrected chi connectivity index (χ0v) is 14.4. The first kappa shape index (κ1) is 16.7. The van der Waals surface area contributed by atoms with E-state index < -0.39 is 0 Å². The zero-order valence-electron chi connectivity index (χ0n) is 13.6. The molecule has 1 saturated heterocycles. The lowest BCUT2D eigenvalue weighted by molar-refractivity contribution is -0.122. The third-order valence-corrected chi connectivity index (χ3v) is 5.37. The molecular formula is C19H22N2O2S. The Labute approximate surface area is 146 Å². The standard InChI is InChI=1S/C19H22N2O2S/c22-17(20-14-15-5-2-1-3-6-15)8-10-19(11-9-18(23)21-19)13-16-7-4-12-24-16/h1-7,12H,8-11,13-14H2,(H,20,22)(H,21,23)/t19-/m1/s1. The van der Waals surface area contributed by atoms with Gasteiger partial charge in [0.05, 0.1) is 0 Å². The van der Waals surface area contributed by atoms with Crippen molar-refractivity contribution in [3.05, 3.63) is 58.3 Å². The molecule has 0 saturated carbocycles. The molecule has 2 amide bonds. The van der Waals surface area contributed by atoms with Gasteiger partial charge in [-0.05, 0) is 29.9 Å². The predicted molar refractivity (Wildman–Crippen MR) is 95.7 cm³/mol. The zero-order chi connectivity index (χ0) is 16.8. The maximum Gasteiger partial charge on any atom is 0.220 e. The number of thiophene rings is 1.